The third kappa shape index (κ3) is 4.92. The normalized spacial score (nSPS) is 25.3. The Morgan fingerprint density at radius 3 is 2.29 bits per heavy atom. The van der Waals surface area contributed by atoms with Gasteiger partial charge in [-0.05, 0) is 57.6 Å². The number of nitrogens with zero attached hydrogens (tertiary/aromatic N) is 2. The van der Waals surface area contributed by atoms with Crippen LogP contribution in [0.1, 0.15) is 33.3 Å². The number of carbonyl (C=O) groups excluding carboxylic acids is 2. The number of rotatable bonds is 7. The van der Waals surface area contributed by atoms with E-state index in [2.05, 4.69) is 4.99 Å². The van der Waals surface area contributed by atoms with Gasteiger partial charge in [0.15, 0.2) is 5.66 Å². The lowest BCUT2D eigenvalue weighted by molar-refractivity contribution is -0.428. The van der Waals surface area contributed by atoms with Crippen LogP contribution in [0.15, 0.2) is 59.6 Å². The molecule has 0 aromatic heterocycles. The Morgan fingerprint density at radius 1 is 1.10 bits per heavy atom. The van der Waals surface area contributed by atoms with E-state index in [4.69, 9.17) is 19.2 Å². The molecule has 1 spiro atoms. The van der Waals surface area contributed by atoms with E-state index in [1.807, 2.05) is 51.1 Å². The van der Waals surface area contributed by atoms with Crippen LogP contribution < -0.4 is 0 Å². The molecule has 31 heavy (non-hydrogen) atoms. The van der Waals surface area contributed by atoms with E-state index < -0.39 is 28.9 Å². The Labute approximate surface area is 182 Å². The lowest BCUT2D eigenvalue weighted by atomic mass is 9.98. The predicted molar refractivity (Wildman–Crippen MR) is 114 cm³/mol. The molecule has 1 aliphatic carbocycles. The minimum atomic E-state index is -1.29. The Hall–Kier alpha value is -2.81. The van der Waals surface area contributed by atoms with Gasteiger partial charge < -0.3 is 14.4 Å². The number of carbonyl (C=O) groups is 2. The lowest BCUT2D eigenvalue weighted by Gasteiger charge is -2.37. The van der Waals surface area contributed by atoms with Crippen molar-refractivity contribution in [3.63, 3.8) is 0 Å². The molecule has 2 aliphatic rings. The summed E-state index contributed by atoms with van der Waals surface area (Å²) >= 11 is 0. The first-order valence-corrected chi connectivity index (χ1v) is 10.1. The van der Waals surface area contributed by atoms with Gasteiger partial charge in [0, 0.05) is 13.7 Å². The summed E-state index contributed by atoms with van der Waals surface area (Å²) in [5.41, 5.74) is -1.11. The minimum absolute atomic E-state index is 0.146. The molecule has 8 heteroatoms. The second kappa shape index (κ2) is 8.74. The van der Waals surface area contributed by atoms with Crippen molar-refractivity contribution in [1.29, 1.82) is 0 Å². The molecule has 0 unspecified atom stereocenters. The van der Waals surface area contributed by atoms with Gasteiger partial charge in [0.05, 0.1) is 12.2 Å². The molecule has 0 N–H and O–H groups in total. The largest absolute Gasteiger partial charge is 0.461 e. The second-order valence-corrected chi connectivity index (χ2v) is 8.21. The van der Waals surface area contributed by atoms with Crippen LogP contribution in [-0.4, -0.2) is 53.3 Å². The number of benzene rings is 1. The molecular formula is C23H28N2O6. The molecular weight excluding hydrogens is 400 g/mol. The molecule has 0 saturated carbocycles. The van der Waals surface area contributed by atoms with Crippen LogP contribution in [0.4, 0.5) is 0 Å². The number of esters is 1. The van der Waals surface area contributed by atoms with Crippen LogP contribution in [0.25, 0.3) is 0 Å². The Balaban J connectivity index is 1.95. The van der Waals surface area contributed by atoms with Gasteiger partial charge in [0.2, 0.25) is 11.5 Å². The summed E-state index contributed by atoms with van der Waals surface area (Å²) in [6.07, 6.45) is 6.55. The van der Waals surface area contributed by atoms with Crippen LogP contribution in [0, 0.1) is 0 Å². The smallest absolute Gasteiger partial charge is 0.362 e. The maximum Gasteiger partial charge on any atom is 0.362 e. The molecule has 0 saturated heterocycles. The van der Waals surface area contributed by atoms with Crippen molar-refractivity contribution in [1.82, 2.24) is 4.90 Å². The first-order valence-electron chi connectivity index (χ1n) is 10.1. The average Bonchev–Trinajstić information content (AvgIpc) is 3.01. The van der Waals surface area contributed by atoms with E-state index in [1.54, 1.807) is 31.2 Å². The highest BCUT2D eigenvalue weighted by Crippen LogP contribution is 2.36. The molecule has 1 aromatic rings. The van der Waals surface area contributed by atoms with Gasteiger partial charge in [-0.25, -0.2) is 14.7 Å². The fraction of sp³-hybridized carbons (Fsp3) is 0.435. The average molecular weight is 428 g/mol. The van der Waals surface area contributed by atoms with Crippen molar-refractivity contribution in [2.75, 3.05) is 13.7 Å². The molecule has 0 radical (unpaired) electrons. The standard InChI is InChI=1S/C23H28N2O6/c1-6-29-20(27)18-19(26)25(16-17-10-8-7-9-11-17)22(24-18)12-14-23(28-5,15-13-22)31-30-21(2,3)4/h7-15H,6,16H2,1-5H3. The summed E-state index contributed by atoms with van der Waals surface area (Å²) < 4.78 is 10.5. The first-order chi connectivity index (χ1) is 14.6. The van der Waals surface area contributed by atoms with Gasteiger partial charge in [-0.3, -0.25) is 4.79 Å². The molecule has 8 nitrogen and oxygen atoms in total. The van der Waals surface area contributed by atoms with Crippen molar-refractivity contribution >= 4 is 17.6 Å². The zero-order valence-corrected chi connectivity index (χ0v) is 18.5. The molecule has 1 heterocycles. The van der Waals surface area contributed by atoms with Crippen molar-refractivity contribution in [2.45, 2.75) is 51.3 Å². The monoisotopic (exact) mass is 428 g/mol. The number of methoxy groups -OCH3 is 1. The molecule has 1 amide bonds. The molecule has 0 bridgehead atoms. The van der Waals surface area contributed by atoms with Crippen LogP contribution >= 0.6 is 0 Å². The highest BCUT2D eigenvalue weighted by atomic mass is 17.2. The van der Waals surface area contributed by atoms with Crippen LogP contribution in [0.2, 0.25) is 0 Å². The maximum absolute atomic E-state index is 13.1. The van der Waals surface area contributed by atoms with Crippen LogP contribution in [0.5, 0.6) is 0 Å². The Morgan fingerprint density at radius 2 is 1.74 bits per heavy atom. The SMILES string of the molecule is CCOC(=O)C1=NC2(C=CC(OC)(OOC(C)(C)C)C=C2)N(Cc2ccccc2)C1=O. The van der Waals surface area contributed by atoms with Gasteiger partial charge in [0.25, 0.3) is 5.91 Å². The first kappa shape index (κ1) is 22.9. The summed E-state index contributed by atoms with van der Waals surface area (Å²) in [6, 6.07) is 9.47. The van der Waals surface area contributed by atoms with Crippen LogP contribution in [-0.2, 0) is 35.4 Å². The third-order valence-electron chi connectivity index (χ3n) is 4.69. The molecule has 1 aromatic carbocycles. The van der Waals surface area contributed by atoms with E-state index in [0.717, 1.165) is 5.56 Å². The van der Waals surface area contributed by atoms with E-state index in [-0.39, 0.29) is 18.9 Å². The van der Waals surface area contributed by atoms with Gasteiger partial charge in [-0.1, -0.05) is 30.3 Å². The third-order valence-corrected chi connectivity index (χ3v) is 4.69. The van der Waals surface area contributed by atoms with E-state index in [0.29, 0.717) is 0 Å². The van der Waals surface area contributed by atoms with Crippen molar-refractivity contribution in [3.05, 3.63) is 60.2 Å². The highest BCUT2D eigenvalue weighted by Gasteiger charge is 2.49. The molecule has 1 aliphatic heterocycles. The van der Waals surface area contributed by atoms with Crippen molar-refractivity contribution in [3.8, 4) is 0 Å². The molecule has 0 atom stereocenters. The summed E-state index contributed by atoms with van der Waals surface area (Å²) in [5.74, 6) is -2.55. The van der Waals surface area contributed by atoms with Gasteiger partial charge in [0.1, 0.15) is 0 Å². The maximum atomic E-state index is 13.1. The number of aliphatic imine (C=N–C) groups is 1. The number of hydrogen-bond donors (Lipinski definition) is 0. The van der Waals surface area contributed by atoms with Gasteiger partial charge >= 0.3 is 5.97 Å². The lowest BCUT2D eigenvalue weighted by Crippen LogP contribution is -2.47. The highest BCUT2D eigenvalue weighted by molar-refractivity contribution is 6.64. The molecule has 166 valence electrons. The fourth-order valence-electron chi connectivity index (χ4n) is 3.13. The Bertz CT molecular complexity index is 900. The van der Waals surface area contributed by atoms with Gasteiger partial charge in [-0.2, -0.15) is 4.89 Å². The van der Waals surface area contributed by atoms with Gasteiger partial charge in [-0.15, -0.1) is 0 Å². The van der Waals surface area contributed by atoms with E-state index in [9.17, 15) is 9.59 Å². The number of amides is 1. The summed E-state index contributed by atoms with van der Waals surface area (Å²) in [6.45, 7) is 7.62. The topological polar surface area (TPSA) is 86.7 Å². The van der Waals surface area contributed by atoms with E-state index in [1.165, 1.54) is 12.0 Å². The second-order valence-electron chi connectivity index (χ2n) is 8.21. The quantitative estimate of drug-likeness (QED) is 0.218. The fourth-order valence-corrected chi connectivity index (χ4v) is 3.13. The zero-order chi connectivity index (χ0) is 22.7. The van der Waals surface area contributed by atoms with Crippen molar-refractivity contribution < 1.29 is 28.8 Å². The van der Waals surface area contributed by atoms with Crippen LogP contribution in [0.3, 0.4) is 0 Å². The summed E-state index contributed by atoms with van der Waals surface area (Å²) in [4.78, 5) is 42.4. The molecule has 0 fully saturated rings. The number of ether oxygens (including phenoxy) is 2. The molecule has 3 rings (SSSR count). The Kier molecular flexibility index (Phi) is 6.45. The van der Waals surface area contributed by atoms with E-state index >= 15 is 0 Å². The minimum Gasteiger partial charge on any atom is -0.461 e. The number of hydrogen-bond acceptors (Lipinski definition) is 7. The summed E-state index contributed by atoms with van der Waals surface area (Å²) in [5, 5.41) is 0. The zero-order valence-electron chi connectivity index (χ0n) is 18.5. The summed E-state index contributed by atoms with van der Waals surface area (Å²) in [7, 11) is 1.48. The van der Waals surface area contributed by atoms with Crippen molar-refractivity contribution in [2.24, 2.45) is 4.99 Å². The predicted octanol–water partition coefficient (Wildman–Crippen LogP) is 2.94.